The van der Waals surface area contributed by atoms with Crippen LogP contribution in [0.1, 0.15) is 12.1 Å². The highest BCUT2D eigenvalue weighted by atomic mass is 32.2. The maximum atomic E-state index is 11.9. The number of aromatic nitrogens is 1. The summed E-state index contributed by atoms with van der Waals surface area (Å²) in [6.07, 6.45) is 0.0463. The molecule has 2 aromatic rings. The molecule has 0 atom stereocenters. The Labute approximate surface area is 127 Å². The topological polar surface area (TPSA) is 88.2 Å². The van der Waals surface area contributed by atoms with E-state index in [1.165, 1.54) is 23.5 Å². The van der Waals surface area contributed by atoms with E-state index in [1.807, 2.05) is 12.3 Å². The molecule has 0 spiro atoms. The van der Waals surface area contributed by atoms with Gasteiger partial charge in [-0.15, -0.1) is 11.3 Å². The van der Waals surface area contributed by atoms with Gasteiger partial charge in [-0.3, -0.25) is 4.79 Å². The summed E-state index contributed by atoms with van der Waals surface area (Å²) >= 11 is 1.33. The van der Waals surface area contributed by atoms with Crippen LogP contribution in [0.3, 0.4) is 0 Å². The van der Waals surface area contributed by atoms with Crippen LogP contribution in [0.5, 0.6) is 0 Å². The van der Waals surface area contributed by atoms with Gasteiger partial charge in [0, 0.05) is 18.3 Å². The van der Waals surface area contributed by atoms with E-state index in [0.29, 0.717) is 5.13 Å². The molecule has 2 rings (SSSR count). The Morgan fingerprint density at radius 2 is 2.00 bits per heavy atom. The van der Waals surface area contributed by atoms with E-state index in [4.69, 9.17) is 0 Å². The molecule has 8 heteroatoms. The van der Waals surface area contributed by atoms with Gasteiger partial charge in [-0.25, -0.2) is 18.1 Å². The second kappa shape index (κ2) is 6.79. The number of amides is 1. The fourth-order valence-corrected chi connectivity index (χ4v) is 3.33. The van der Waals surface area contributed by atoms with E-state index < -0.39 is 10.0 Å². The summed E-state index contributed by atoms with van der Waals surface area (Å²) in [4.78, 5) is 15.9. The standard InChI is InChI=1S/C13H15N3O3S2/c1-10-9-20-13(15-10)16-12(17)7-8-14-21(18,19)11-5-3-2-4-6-11/h2-6,9,14H,7-8H2,1H3,(H,15,16,17). The molecule has 0 fully saturated rings. The molecule has 1 aromatic carbocycles. The predicted molar refractivity (Wildman–Crippen MR) is 81.7 cm³/mol. The number of carbonyl (C=O) groups excluding carboxylic acids is 1. The number of carbonyl (C=O) groups is 1. The second-order valence-corrected chi connectivity index (χ2v) is 6.93. The number of anilines is 1. The number of sulfonamides is 1. The summed E-state index contributed by atoms with van der Waals surface area (Å²) in [5.74, 6) is -0.278. The molecule has 0 aliphatic heterocycles. The van der Waals surface area contributed by atoms with Crippen LogP contribution < -0.4 is 10.0 Å². The quantitative estimate of drug-likeness (QED) is 0.847. The molecular weight excluding hydrogens is 310 g/mol. The van der Waals surface area contributed by atoms with Crippen LogP contribution >= 0.6 is 11.3 Å². The van der Waals surface area contributed by atoms with Gasteiger partial charge in [0.15, 0.2) is 5.13 Å². The van der Waals surface area contributed by atoms with Crippen molar-refractivity contribution in [2.45, 2.75) is 18.2 Å². The molecule has 1 aromatic heterocycles. The van der Waals surface area contributed by atoms with Crippen molar-refractivity contribution in [3.63, 3.8) is 0 Å². The van der Waals surface area contributed by atoms with E-state index in [2.05, 4.69) is 15.0 Å². The minimum atomic E-state index is -3.57. The highest BCUT2D eigenvalue weighted by molar-refractivity contribution is 7.89. The Balaban J connectivity index is 1.82. The first-order chi connectivity index (χ1) is 9.97. The Morgan fingerprint density at radius 1 is 1.29 bits per heavy atom. The summed E-state index contributed by atoms with van der Waals surface area (Å²) in [6.45, 7) is 1.87. The van der Waals surface area contributed by atoms with Crippen LogP contribution in [0.15, 0.2) is 40.6 Å². The molecule has 6 nitrogen and oxygen atoms in total. The van der Waals surface area contributed by atoms with Crippen molar-refractivity contribution in [2.75, 3.05) is 11.9 Å². The van der Waals surface area contributed by atoms with Gasteiger partial charge >= 0.3 is 0 Å². The number of aryl methyl sites for hydroxylation is 1. The number of hydrogen-bond acceptors (Lipinski definition) is 5. The molecule has 1 amide bonds. The van der Waals surface area contributed by atoms with Crippen molar-refractivity contribution in [1.82, 2.24) is 9.71 Å². The number of rotatable bonds is 6. The minimum absolute atomic E-state index is 0.0351. The van der Waals surface area contributed by atoms with Crippen LogP contribution in [0.2, 0.25) is 0 Å². The van der Waals surface area contributed by atoms with E-state index in [1.54, 1.807) is 18.2 Å². The third kappa shape index (κ3) is 4.62. The largest absolute Gasteiger partial charge is 0.302 e. The Morgan fingerprint density at radius 3 is 2.62 bits per heavy atom. The zero-order valence-electron chi connectivity index (χ0n) is 11.4. The summed E-state index contributed by atoms with van der Waals surface area (Å²) < 4.78 is 26.2. The van der Waals surface area contributed by atoms with E-state index in [-0.39, 0.29) is 23.8 Å². The average molecular weight is 325 g/mol. The van der Waals surface area contributed by atoms with E-state index in [9.17, 15) is 13.2 Å². The lowest BCUT2D eigenvalue weighted by Crippen LogP contribution is -2.27. The SMILES string of the molecule is Cc1csc(NC(=O)CCNS(=O)(=O)c2ccccc2)n1. The molecule has 1 heterocycles. The van der Waals surface area contributed by atoms with Gasteiger partial charge in [-0.05, 0) is 19.1 Å². The first kappa shape index (κ1) is 15.6. The fraction of sp³-hybridized carbons (Fsp3) is 0.231. The molecule has 0 saturated heterocycles. The Kier molecular flexibility index (Phi) is 5.05. The molecular formula is C13H15N3O3S2. The molecule has 0 aliphatic rings. The summed E-state index contributed by atoms with van der Waals surface area (Å²) in [6, 6.07) is 8.03. The van der Waals surface area contributed by atoms with Gasteiger partial charge in [-0.1, -0.05) is 18.2 Å². The molecule has 2 N–H and O–H groups in total. The van der Waals surface area contributed by atoms with Crippen LogP contribution in [0.25, 0.3) is 0 Å². The molecule has 0 aliphatic carbocycles. The summed E-state index contributed by atoms with van der Waals surface area (Å²) in [5, 5.41) is 4.97. The van der Waals surface area contributed by atoms with Crippen molar-refractivity contribution in [2.24, 2.45) is 0 Å². The van der Waals surface area contributed by atoms with Crippen molar-refractivity contribution in [3.8, 4) is 0 Å². The van der Waals surface area contributed by atoms with Crippen molar-refractivity contribution in [3.05, 3.63) is 41.4 Å². The van der Waals surface area contributed by atoms with Crippen LogP contribution in [-0.2, 0) is 14.8 Å². The molecule has 21 heavy (non-hydrogen) atoms. The lowest BCUT2D eigenvalue weighted by Gasteiger charge is -2.06. The van der Waals surface area contributed by atoms with Gasteiger partial charge in [0.2, 0.25) is 15.9 Å². The lowest BCUT2D eigenvalue weighted by atomic mass is 10.4. The Bertz CT molecular complexity index is 711. The van der Waals surface area contributed by atoms with Crippen molar-refractivity contribution in [1.29, 1.82) is 0 Å². The number of nitrogens with one attached hydrogen (secondary N) is 2. The summed E-state index contributed by atoms with van der Waals surface area (Å²) in [5.41, 5.74) is 0.833. The number of thiazole rings is 1. The van der Waals surface area contributed by atoms with Gasteiger partial charge < -0.3 is 5.32 Å². The van der Waals surface area contributed by atoms with Crippen LogP contribution in [0, 0.1) is 6.92 Å². The van der Waals surface area contributed by atoms with E-state index in [0.717, 1.165) is 5.69 Å². The highest BCUT2D eigenvalue weighted by Gasteiger charge is 2.13. The summed E-state index contributed by atoms with van der Waals surface area (Å²) in [7, 11) is -3.57. The first-order valence-electron chi connectivity index (χ1n) is 6.24. The normalized spacial score (nSPS) is 11.3. The number of nitrogens with zero attached hydrogens (tertiary/aromatic N) is 1. The second-order valence-electron chi connectivity index (χ2n) is 4.30. The zero-order valence-corrected chi connectivity index (χ0v) is 13.0. The van der Waals surface area contributed by atoms with Crippen molar-refractivity contribution < 1.29 is 13.2 Å². The molecule has 112 valence electrons. The van der Waals surface area contributed by atoms with Gasteiger partial charge in [-0.2, -0.15) is 0 Å². The fourth-order valence-electron chi connectivity index (χ4n) is 1.58. The monoisotopic (exact) mass is 325 g/mol. The number of hydrogen-bond donors (Lipinski definition) is 2. The van der Waals surface area contributed by atoms with Gasteiger partial charge in [0.05, 0.1) is 10.6 Å². The third-order valence-electron chi connectivity index (χ3n) is 2.56. The first-order valence-corrected chi connectivity index (χ1v) is 8.60. The average Bonchev–Trinajstić information content (AvgIpc) is 2.85. The molecule has 0 bridgehead atoms. The molecule has 0 radical (unpaired) electrons. The Hall–Kier alpha value is -1.77. The minimum Gasteiger partial charge on any atom is -0.302 e. The van der Waals surface area contributed by atoms with Crippen molar-refractivity contribution >= 4 is 32.4 Å². The van der Waals surface area contributed by atoms with Crippen LogP contribution in [-0.4, -0.2) is 25.9 Å². The maximum Gasteiger partial charge on any atom is 0.240 e. The van der Waals surface area contributed by atoms with Gasteiger partial charge in [0.25, 0.3) is 0 Å². The predicted octanol–water partition coefficient (Wildman–Crippen LogP) is 1.76. The van der Waals surface area contributed by atoms with Gasteiger partial charge in [0.1, 0.15) is 0 Å². The lowest BCUT2D eigenvalue weighted by molar-refractivity contribution is -0.116. The molecule has 0 unspecified atom stereocenters. The zero-order chi connectivity index (χ0) is 15.3. The third-order valence-corrected chi connectivity index (χ3v) is 4.92. The highest BCUT2D eigenvalue weighted by Crippen LogP contribution is 2.14. The smallest absolute Gasteiger partial charge is 0.240 e. The van der Waals surface area contributed by atoms with E-state index >= 15 is 0 Å². The molecule has 0 saturated carbocycles. The number of benzene rings is 1. The van der Waals surface area contributed by atoms with Crippen LogP contribution in [0.4, 0.5) is 5.13 Å². The maximum absolute atomic E-state index is 11.9.